The van der Waals surface area contributed by atoms with Crippen molar-refractivity contribution in [3.63, 3.8) is 0 Å². The lowest BCUT2D eigenvalue weighted by atomic mass is 10.1. The van der Waals surface area contributed by atoms with Gasteiger partial charge < -0.3 is 10.4 Å². The van der Waals surface area contributed by atoms with E-state index in [2.05, 4.69) is 12.2 Å². The normalized spacial score (nSPS) is 11.7. The summed E-state index contributed by atoms with van der Waals surface area (Å²) < 4.78 is 1.87. The molecule has 0 fully saturated rings. The molecule has 0 spiro atoms. The van der Waals surface area contributed by atoms with Crippen molar-refractivity contribution in [3.05, 3.63) is 95.3 Å². The van der Waals surface area contributed by atoms with E-state index in [1.54, 1.807) is 0 Å². The Bertz CT molecular complexity index is 1020. The first-order valence-electron chi connectivity index (χ1n) is 9.37. The van der Waals surface area contributed by atoms with Crippen LogP contribution in [-0.2, 0) is 6.42 Å². The van der Waals surface area contributed by atoms with Gasteiger partial charge >= 0.3 is 0 Å². The molecular formula is C24H25N2OS+. The zero-order valence-corrected chi connectivity index (χ0v) is 17.3. The van der Waals surface area contributed by atoms with Gasteiger partial charge in [0.2, 0.25) is 0 Å². The number of hydrogen-bond acceptors (Lipinski definition) is 2. The van der Waals surface area contributed by atoms with Crippen LogP contribution in [0.3, 0.4) is 0 Å². The number of aliphatic hydroxyl groups excluding tert-OH is 1. The molecule has 0 saturated heterocycles. The van der Waals surface area contributed by atoms with Gasteiger partial charge in [0.15, 0.2) is 23.1 Å². The number of aromatic nitrogens is 1. The maximum absolute atomic E-state index is 11.1. The number of benzene rings is 2. The lowest BCUT2D eigenvalue weighted by Gasteiger charge is -2.12. The van der Waals surface area contributed by atoms with Crippen LogP contribution in [0.25, 0.3) is 11.5 Å². The van der Waals surface area contributed by atoms with Crippen LogP contribution in [0.5, 0.6) is 0 Å². The molecule has 0 atom stereocenters. The zero-order valence-electron chi connectivity index (χ0n) is 16.4. The molecule has 142 valence electrons. The van der Waals surface area contributed by atoms with Gasteiger partial charge in [-0.3, -0.25) is 0 Å². The smallest absolute Gasteiger partial charge is 0.288 e. The van der Waals surface area contributed by atoms with Crippen LogP contribution in [0.4, 0.5) is 5.69 Å². The fourth-order valence-electron chi connectivity index (χ4n) is 3.01. The Labute approximate surface area is 172 Å². The van der Waals surface area contributed by atoms with E-state index >= 15 is 0 Å². The summed E-state index contributed by atoms with van der Waals surface area (Å²) >= 11 is 5.72. The molecule has 0 aliphatic rings. The third-order valence-corrected chi connectivity index (χ3v) is 4.97. The van der Waals surface area contributed by atoms with Crippen molar-refractivity contribution in [2.75, 3.05) is 5.32 Å². The number of nitrogens with zero attached hydrogens (tertiary/aromatic N) is 1. The Morgan fingerprint density at radius 1 is 1.00 bits per heavy atom. The quantitative estimate of drug-likeness (QED) is 0.263. The van der Waals surface area contributed by atoms with Crippen LogP contribution in [0.15, 0.2) is 73.1 Å². The molecule has 1 aromatic heterocycles. The highest BCUT2D eigenvalue weighted by atomic mass is 32.1. The monoisotopic (exact) mass is 389 g/mol. The first kappa shape index (κ1) is 19.8. The molecular weight excluding hydrogens is 364 g/mol. The van der Waals surface area contributed by atoms with E-state index in [-0.39, 0.29) is 5.76 Å². The van der Waals surface area contributed by atoms with Gasteiger partial charge in [0.1, 0.15) is 0 Å². The minimum Gasteiger partial charge on any atom is -0.502 e. The van der Waals surface area contributed by atoms with Crippen LogP contribution < -0.4 is 9.88 Å². The van der Waals surface area contributed by atoms with Gasteiger partial charge in [-0.2, -0.15) is 4.57 Å². The van der Waals surface area contributed by atoms with Gasteiger partial charge in [0.05, 0.1) is 0 Å². The molecule has 0 amide bonds. The molecule has 3 aromatic rings. The molecule has 2 N–H and O–H groups in total. The van der Waals surface area contributed by atoms with E-state index in [1.807, 2.05) is 91.5 Å². The van der Waals surface area contributed by atoms with Gasteiger partial charge in [0.25, 0.3) is 5.70 Å². The summed E-state index contributed by atoms with van der Waals surface area (Å²) in [6.07, 6.45) is 4.81. The number of aryl methyl sites for hydroxylation is 3. The fraction of sp³-hybridized carbons (Fsp3) is 0.167. The van der Waals surface area contributed by atoms with Crippen LogP contribution in [0.2, 0.25) is 0 Å². The second-order valence-electron chi connectivity index (χ2n) is 6.81. The molecule has 0 bridgehead atoms. The molecule has 3 nitrogen and oxygen atoms in total. The summed E-state index contributed by atoms with van der Waals surface area (Å²) in [4.78, 5) is 0.460. The third-order valence-electron chi connectivity index (χ3n) is 4.67. The average Bonchev–Trinajstić information content (AvgIpc) is 2.70. The highest BCUT2D eigenvalue weighted by Crippen LogP contribution is 2.21. The second kappa shape index (κ2) is 8.81. The maximum Gasteiger partial charge on any atom is 0.288 e. The summed E-state index contributed by atoms with van der Waals surface area (Å²) in [5.74, 6) is 0.143. The Kier molecular flexibility index (Phi) is 6.22. The topological polar surface area (TPSA) is 36.1 Å². The standard InChI is InChI=1S/C24H24N2OS/c1-4-19-11-13-20(14-12-19)23(27)22(26-15-7-8-17(2)16-26)24(28)25-21-10-6-5-9-18(21)3/h5-16H,4H2,1-3H3,(H-,25,27,28)/p+1. The van der Waals surface area contributed by atoms with Gasteiger partial charge in [-0.05, 0) is 43.5 Å². The Morgan fingerprint density at radius 2 is 1.71 bits per heavy atom. The second-order valence-corrected chi connectivity index (χ2v) is 7.21. The highest BCUT2D eigenvalue weighted by Gasteiger charge is 2.24. The van der Waals surface area contributed by atoms with Crippen molar-refractivity contribution in [1.29, 1.82) is 0 Å². The van der Waals surface area contributed by atoms with Crippen LogP contribution in [-0.4, -0.2) is 10.1 Å². The molecule has 2 aromatic carbocycles. The molecule has 0 radical (unpaired) electrons. The van der Waals surface area contributed by atoms with Crippen molar-refractivity contribution in [2.24, 2.45) is 0 Å². The van der Waals surface area contributed by atoms with Crippen molar-refractivity contribution in [1.82, 2.24) is 0 Å². The minimum atomic E-state index is 0.143. The average molecular weight is 390 g/mol. The van der Waals surface area contributed by atoms with E-state index in [1.165, 1.54) is 5.56 Å². The Balaban J connectivity index is 2.08. The molecule has 4 heteroatoms. The van der Waals surface area contributed by atoms with Gasteiger partial charge in [-0.25, -0.2) is 0 Å². The van der Waals surface area contributed by atoms with Crippen LogP contribution in [0.1, 0.15) is 29.2 Å². The van der Waals surface area contributed by atoms with E-state index in [0.717, 1.165) is 28.8 Å². The fourth-order valence-corrected chi connectivity index (χ4v) is 3.32. The Hall–Kier alpha value is -2.98. The summed E-state index contributed by atoms with van der Waals surface area (Å²) in [6.45, 7) is 6.15. The largest absolute Gasteiger partial charge is 0.502 e. The summed E-state index contributed by atoms with van der Waals surface area (Å²) in [5.41, 5.74) is 5.59. The highest BCUT2D eigenvalue weighted by molar-refractivity contribution is 7.81. The predicted octanol–water partition coefficient (Wildman–Crippen LogP) is 5.48. The minimum absolute atomic E-state index is 0.143. The molecule has 0 aliphatic carbocycles. The molecule has 0 saturated carbocycles. The summed E-state index contributed by atoms with van der Waals surface area (Å²) in [7, 11) is 0. The van der Waals surface area contributed by atoms with Crippen LogP contribution >= 0.6 is 12.2 Å². The van der Waals surface area contributed by atoms with Crippen molar-refractivity contribution >= 4 is 34.3 Å². The molecule has 0 aliphatic heterocycles. The van der Waals surface area contributed by atoms with Crippen molar-refractivity contribution < 1.29 is 9.67 Å². The van der Waals surface area contributed by atoms with E-state index in [0.29, 0.717) is 10.7 Å². The lowest BCUT2D eigenvalue weighted by Crippen LogP contribution is -2.38. The number of nitrogens with one attached hydrogen (secondary N) is 1. The van der Waals surface area contributed by atoms with Crippen LogP contribution in [0, 0.1) is 13.8 Å². The number of aliphatic hydroxyl groups is 1. The first-order valence-corrected chi connectivity index (χ1v) is 9.78. The van der Waals surface area contributed by atoms with E-state index in [9.17, 15) is 5.11 Å². The summed E-state index contributed by atoms with van der Waals surface area (Å²) in [6, 6.07) is 19.8. The molecule has 3 rings (SSSR count). The first-order chi connectivity index (χ1) is 13.5. The number of rotatable bonds is 5. The van der Waals surface area contributed by atoms with Gasteiger partial charge in [-0.15, -0.1) is 0 Å². The number of hydrogen-bond donors (Lipinski definition) is 2. The van der Waals surface area contributed by atoms with Gasteiger partial charge in [0, 0.05) is 22.9 Å². The van der Waals surface area contributed by atoms with Crippen molar-refractivity contribution in [3.8, 4) is 0 Å². The van der Waals surface area contributed by atoms with E-state index < -0.39 is 0 Å². The van der Waals surface area contributed by atoms with Crippen molar-refractivity contribution in [2.45, 2.75) is 27.2 Å². The number of pyridine rings is 1. The maximum atomic E-state index is 11.1. The molecule has 0 unspecified atom stereocenters. The van der Waals surface area contributed by atoms with E-state index in [4.69, 9.17) is 12.2 Å². The summed E-state index contributed by atoms with van der Waals surface area (Å²) in [5, 5.41) is 14.4. The SMILES string of the molecule is CCc1ccc(C(O)=C(C(=S)Nc2ccccc2C)[n+]2cccc(C)c2)cc1. The Morgan fingerprint density at radius 3 is 2.36 bits per heavy atom. The van der Waals surface area contributed by atoms with Gasteiger partial charge in [-0.1, -0.05) is 61.6 Å². The zero-order chi connectivity index (χ0) is 20.1. The third kappa shape index (κ3) is 4.46. The predicted molar refractivity (Wildman–Crippen MR) is 120 cm³/mol. The molecule has 28 heavy (non-hydrogen) atoms. The molecule has 1 heterocycles. The number of anilines is 1. The lowest BCUT2D eigenvalue weighted by molar-refractivity contribution is -0.576. The number of para-hydroxylation sites is 1. The number of thiocarbonyl (C=S) groups is 1.